The lowest BCUT2D eigenvalue weighted by Crippen LogP contribution is -2.26. The molecule has 23 heavy (non-hydrogen) atoms. The van der Waals surface area contributed by atoms with E-state index in [2.05, 4.69) is 4.98 Å². The maximum absolute atomic E-state index is 12.8. The number of hydrogen-bond acceptors (Lipinski definition) is 3. The smallest absolute Gasteiger partial charge is 0.276 e. The topological polar surface area (TPSA) is 48.5 Å². The minimum Gasteiger partial charge on any atom is -0.381 e. The maximum atomic E-state index is 12.8. The molecule has 4 rings (SSSR count). The molecule has 2 aromatic heterocycles. The van der Waals surface area contributed by atoms with E-state index in [-0.39, 0.29) is 5.56 Å². The van der Waals surface area contributed by atoms with Crippen LogP contribution in [-0.2, 0) is 11.3 Å². The molecule has 5 heteroatoms. The predicted octanol–water partition coefficient (Wildman–Crippen LogP) is 2.97. The van der Waals surface area contributed by atoms with Crippen molar-refractivity contribution >= 4 is 5.52 Å². The van der Waals surface area contributed by atoms with Crippen molar-refractivity contribution in [3.05, 3.63) is 34.8 Å². The van der Waals surface area contributed by atoms with Gasteiger partial charge in [-0.15, -0.1) is 0 Å². The summed E-state index contributed by atoms with van der Waals surface area (Å²) >= 11 is 0. The molecule has 0 atom stereocenters. The van der Waals surface area contributed by atoms with Crippen LogP contribution in [0.1, 0.15) is 56.7 Å². The number of imidazole rings is 1. The Hall–Kier alpha value is -1.62. The summed E-state index contributed by atoms with van der Waals surface area (Å²) in [5.41, 5.74) is 0.814. The Labute approximate surface area is 136 Å². The van der Waals surface area contributed by atoms with Crippen LogP contribution in [0.2, 0.25) is 0 Å². The molecule has 124 valence electrons. The van der Waals surface area contributed by atoms with Gasteiger partial charge < -0.3 is 9.30 Å². The van der Waals surface area contributed by atoms with Crippen LogP contribution in [-0.4, -0.2) is 27.2 Å². The summed E-state index contributed by atoms with van der Waals surface area (Å²) in [6, 6.07) is 0. The molecule has 0 aromatic carbocycles. The first-order chi connectivity index (χ1) is 11.3. The summed E-state index contributed by atoms with van der Waals surface area (Å²) in [4.78, 5) is 17.3. The first kappa shape index (κ1) is 14.9. The van der Waals surface area contributed by atoms with E-state index < -0.39 is 0 Å². The van der Waals surface area contributed by atoms with Gasteiger partial charge in [-0.25, -0.2) is 4.98 Å². The van der Waals surface area contributed by atoms with Gasteiger partial charge in [0.25, 0.3) is 5.56 Å². The first-order valence-electron chi connectivity index (χ1n) is 8.97. The highest BCUT2D eigenvalue weighted by Gasteiger charge is 2.22. The van der Waals surface area contributed by atoms with E-state index >= 15 is 0 Å². The summed E-state index contributed by atoms with van der Waals surface area (Å²) in [6.45, 7) is 2.43. The van der Waals surface area contributed by atoms with Crippen LogP contribution in [0.15, 0.2) is 23.4 Å². The first-order valence-corrected chi connectivity index (χ1v) is 8.97. The standard InChI is InChI=1S/C18H25N3O2/c22-18-16-12-19-17(15-6-10-23-11-7-15)21(16)9-8-20(18)13-14-4-2-1-3-5-14/h8-9,12,14-15H,1-7,10-11,13H2. The van der Waals surface area contributed by atoms with Gasteiger partial charge in [0.1, 0.15) is 11.3 Å². The van der Waals surface area contributed by atoms with Crippen molar-refractivity contribution in [2.24, 2.45) is 5.92 Å². The van der Waals surface area contributed by atoms with Crippen LogP contribution in [0.25, 0.3) is 5.52 Å². The second kappa shape index (κ2) is 6.48. The Kier molecular flexibility index (Phi) is 4.21. The highest BCUT2D eigenvalue weighted by Crippen LogP contribution is 2.27. The fourth-order valence-electron chi connectivity index (χ4n) is 4.10. The molecular weight excluding hydrogens is 290 g/mol. The quantitative estimate of drug-likeness (QED) is 0.875. The molecule has 1 saturated heterocycles. The minimum atomic E-state index is 0.101. The Morgan fingerprint density at radius 3 is 2.65 bits per heavy atom. The van der Waals surface area contributed by atoms with Crippen LogP contribution in [0, 0.1) is 5.92 Å². The van der Waals surface area contributed by atoms with Gasteiger partial charge in [0, 0.05) is 38.1 Å². The third-order valence-electron chi connectivity index (χ3n) is 5.47. The van der Waals surface area contributed by atoms with Crippen LogP contribution >= 0.6 is 0 Å². The monoisotopic (exact) mass is 315 g/mol. The van der Waals surface area contributed by atoms with Gasteiger partial charge >= 0.3 is 0 Å². The maximum Gasteiger partial charge on any atom is 0.276 e. The summed E-state index contributed by atoms with van der Waals surface area (Å²) in [5, 5.41) is 0. The predicted molar refractivity (Wildman–Crippen MR) is 88.8 cm³/mol. The summed E-state index contributed by atoms with van der Waals surface area (Å²) in [5.74, 6) is 2.08. The van der Waals surface area contributed by atoms with Gasteiger partial charge in [0.05, 0.1) is 6.20 Å². The number of nitrogens with zero attached hydrogens (tertiary/aromatic N) is 3. The summed E-state index contributed by atoms with van der Waals surface area (Å²) < 4.78 is 9.32. The van der Waals surface area contributed by atoms with Crippen LogP contribution < -0.4 is 5.56 Å². The Morgan fingerprint density at radius 1 is 1.09 bits per heavy atom. The molecule has 3 heterocycles. The average molecular weight is 315 g/mol. The Bertz CT molecular complexity index is 721. The molecule has 0 unspecified atom stereocenters. The zero-order valence-corrected chi connectivity index (χ0v) is 13.6. The third-order valence-corrected chi connectivity index (χ3v) is 5.47. The van der Waals surface area contributed by atoms with Crippen molar-refractivity contribution in [2.75, 3.05) is 13.2 Å². The van der Waals surface area contributed by atoms with Crippen molar-refractivity contribution in [1.82, 2.24) is 14.0 Å². The van der Waals surface area contributed by atoms with Crippen molar-refractivity contribution in [3.8, 4) is 0 Å². The van der Waals surface area contributed by atoms with Crippen LogP contribution in [0.4, 0.5) is 0 Å². The largest absolute Gasteiger partial charge is 0.381 e. The lowest BCUT2D eigenvalue weighted by atomic mass is 9.89. The third kappa shape index (κ3) is 2.94. The molecule has 2 aromatic rings. The van der Waals surface area contributed by atoms with E-state index in [1.54, 1.807) is 6.20 Å². The molecule has 0 amide bonds. The summed E-state index contributed by atoms with van der Waals surface area (Å²) in [7, 11) is 0. The number of rotatable bonds is 3. The molecule has 0 bridgehead atoms. The summed E-state index contributed by atoms with van der Waals surface area (Å²) in [6.07, 6.45) is 14.2. The molecule has 1 aliphatic carbocycles. The van der Waals surface area contributed by atoms with Crippen LogP contribution in [0.5, 0.6) is 0 Å². The van der Waals surface area contributed by atoms with E-state index in [9.17, 15) is 4.79 Å². The van der Waals surface area contributed by atoms with E-state index in [1.807, 2.05) is 21.4 Å². The SMILES string of the molecule is O=c1c2cnc(C3CCOCC3)n2ccn1CC1CCCCC1. The molecule has 1 aliphatic heterocycles. The number of hydrogen-bond donors (Lipinski definition) is 0. The molecule has 2 aliphatic rings. The van der Waals surface area contributed by atoms with Crippen molar-refractivity contribution < 1.29 is 4.74 Å². The van der Waals surface area contributed by atoms with Crippen molar-refractivity contribution in [3.63, 3.8) is 0 Å². The molecule has 0 radical (unpaired) electrons. The molecule has 0 N–H and O–H groups in total. The second-order valence-corrected chi connectivity index (χ2v) is 7.02. The van der Waals surface area contributed by atoms with Gasteiger partial charge in [0.2, 0.25) is 0 Å². The Morgan fingerprint density at radius 2 is 1.87 bits per heavy atom. The molecule has 0 spiro atoms. The van der Waals surface area contributed by atoms with E-state index in [0.717, 1.165) is 38.4 Å². The molecule has 2 fully saturated rings. The van der Waals surface area contributed by atoms with Gasteiger partial charge in [-0.1, -0.05) is 19.3 Å². The van der Waals surface area contributed by atoms with Crippen molar-refractivity contribution in [1.29, 1.82) is 0 Å². The van der Waals surface area contributed by atoms with Crippen molar-refractivity contribution in [2.45, 2.75) is 57.4 Å². The highest BCUT2D eigenvalue weighted by atomic mass is 16.5. The van der Waals surface area contributed by atoms with E-state index in [4.69, 9.17) is 4.74 Å². The lowest BCUT2D eigenvalue weighted by molar-refractivity contribution is 0.0835. The normalized spacial score (nSPS) is 21.0. The number of ether oxygens (including phenoxy) is 1. The number of aromatic nitrogens is 3. The van der Waals surface area contributed by atoms with Gasteiger partial charge in [-0.05, 0) is 31.6 Å². The van der Waals surface area contributed by atoms with Gasteiger partial charge in [-0.3, -0.25) is 9.20 Å². The molecular formula is C18H25N3O2. The van der Waals surface area contributed by atoms with Crippen LogP contribution in [0.3, 0.4) is 0 Å². The molecule has 1 saturated carbocycles. The fraction of sp³-hybridized carbons (Fsp3) is 0.667. The lowest BCUT2D eigenvalue weighted by Gasteiger charge is -2.23. The van der Waals surface area contributed by atoms with E-state index in [0.29, 0.717) is 17.4 Å². The highest BCUT2D eigenvalue weighted by molar-refractivity contribution is 5.44. The van der Waals surface area contributed by atoms with Gasteiger partial charge in [-0.2, -0.15) is 0 Å². The second-order valence-electron chi connectivity index (χ2n) is 7.02. The Balaban J connectivity index is 1.62. The number of fused-ring (bicyclic) bond motifs is 1. The zero-order valence-electron chi connectivity index (χ0n) is 13.6. The average Bonchev–Trinajstić information content (AvgIpc) is 3.04. The zero-order chi connectivity index (χ0) is 15.6. The fourth-order valence-corrected chi connectivity index (χ4v) is 4.10. The minimum absolute atomic E-state index is 0.101. The molecule has 5 nitrogen and oxygen atoms in total. The van der Waals surface area contributed by atoms with E-state index in [1.165, 1.54) is 32.1 Å². The van der Waals surface area contributed by atoms with Gasteiger partial charge in [0.15, 0.2) is 0 Å².